The highest BCUT2D eigenvalue weighted by Gasteiger charge is 2.29. The summed E-state index contributed by atoms with van der Waals surface area (Å²) in [7, 11) is 0. The Balaban J connectivity index is 1.54. The monoisotopic (exact) mass is 286 g/mol. The molecule has 0 radical (unpaired) electrons. The van der Waals surface area contributed by atoms with E-state index in [1.165, 1.54) is 18.4 Å². The normalized spacial score (nSPS) is 26.1. The Bertz CT molecular complexity index is 625. The first-order valence-electron chi connectivity index (χ1n) is 8.07. The molecule has 2 fully saturated rings. The van der Waals surface area contributed by atoms with Crippen molar-refractivity contribution in [3.8, 4) is 5.88 Å². The second-order valence-corrected chi connectivity index (χ2v) is 6.54. The summed E-state index contributed by atoms with van der Waals surface area (Å²) >= 11 is 0. The number of imidazole rings is 1. The van der Waals surface area contributed by atoms with E-state index < -0.39 is 0 Å². The average Bonchev–Trinajstić information content (AvgIpc) is 3.23. The minimum Gasteiger partial charge on any atom is -0.478 e. The Hall–Kier alpha value is -1.55. The van der Waals surface area contributed by atoms with Gasteiger partial charge in [-0.25, -0.2) is 4.98 Å². The van der Waals surface area contributed by atoms with Crippen LogP contribution >= 0.6 is 0 Å². The lowest BCUT2D eigenvalue weighted by Gasteiger charge is -2.25. The summed E-state index contributed by atoms with van der Waals surface area (Å²) in [6.45, 7) is 0.754. The summed E-state index contributed by atoms with van der Waals surface area (Å²) < 4.78 is 8.30. The molecule has 0 atom stereocenters. The zero-order chi connectivity index (χ0) is 14.2. The van der Waals surface area contributed by atoms with E-state index in [-0.39, 0.29) is 6.10 Å². The maximum Gasteiger partial charge on any atom is 0.202 e. The van der Waals surface area contributed by atoms with Crippen molar-refractivity contribution in [1.29, 1.82) is 0 Å². The summed E-state index contributed by atoms with van der Waals surface area (Å²) in [5.41, 5.74) is 2.42. The van der Waals surface area contributed by atoms with Gasteiger partial charge in [0.2, 0.25) is 5.88 Å². The largest absolute Gasteiger partial charge is 0.478 e. The maximum atomic E-state index is 9.60. The number of nitrogens with zero attached hydrogens (tertiary/aromatic N) is 2. The van der Waals surface area contributed by atoms with Crippen molar-refractivity contribution in [3.05, 3.63) is 30.2 Å². The van der Waals surface area contributed by atoms with Crippen molar-refractivity contribution in [2.24, 2.45) is 5.92 Å². The molecule has 0 aromatic carbocycles. The van der Waals surface area contributed by atoms with Gasteiger partial charge in [-0.1, -0.05) is 6.07 Å². The van der Waals surface area contributed by atoms with Crippen molar-refractivity contribution >= 4 is 5.52 Å². The Morgan fingerprint density at radius 1 is 1.14 bits per heavy atom. The quantitative estimate of drug-likeness (QED) is 0.939. The fraction of sp³-hybridized carbons (Fsp3) is 0.588. The standard InChI is InChI=1S/C17H22N2O2/c20-15-6-1-12(2-7-15)10-21-17-16(13-3-4-13)8-5-14-9-18-11-19(14)17/h5,8-9,11-13,15,20H,1-4,6-7,10H2. The Morgan fingerprint density at radius 3 is 2.71 bits per heavy atom. The fourth-order valence-corrected chi connectivity index (χ4v) is 3.35. The number of fused-ring (bicyclic) bond motifs is 1. The van der Waals surface area contributed by atoms with Crippen LogP contribution in [0.3, 0.4) is 0 Å². The summed E-state index contributed by atoms with van der Waals surface area (Å²) in [4.78, 5) is 4.24. The predicted octanol–water partition coefficient (Wildman–Crippen LogP) is 3.14. The minimum absolute atomic E-state index is 0.0969. The van der Waals surface area contributed by atoms with E-state index in [0.29, 0.717) is 11.8 Å². The third-order valence-electron chi connectivity index (χ3n) is 4.86. The maximum absolute atomic E-state index is 9.60. The van der Waals surface area contributed by atoms with Crippen LogP contribution < -0.4 is 4.74 Å². The van der Waals surface area contributed by atoms with Gasteiger partial charge >= 0.3 is 0 Å². The highest BCUT2D eigenvalue weighted by Crippen LogP contribution is 2.44. The van der Waals surface area contributed by atoms with Gasteiger partial charge in [0, 0.05) is 5.56 Å². The van der Waals surface area contributed by atoms with Crippen LogP contribution in [-0.2, 0) is 0 Å². The van der Waals surface area contributed by atoms with E-state index in [0.717, 1.165) is 43.7 Å². The van der Waals surface area contributed by atoms with E-state index in [1.807, 2.05) is 12.5 Å². The second-order valence-electron chi connectivity index (χ2n) is 6.54. The number of hydrogen-bond donors (Lipinski definition) is 1. The molecular weight excluding hydrogens is 264 g/mol. The molecule has 0 aliphatic heterocycles. The van der Waals surface area contributed by atoms with Gasteiger partial charge in [-0.05, 0) is 56.4 Å². The van der Waals surface area contributed by atoms with Gasteiger partial charge in [-0.3, -0.25) is 4.40 Å². The summed E-state index contributed by atoms with van der Waals surface area (Å²) in [5.74, 6) is 2.22. The molecule has 112 valence electrons. The van der Waals surface area contributed by atoms with Gasteiger partial charge in [-0.15, -0.1) is 0 Å². The van der Waals surface area contributed by atoms with Crippen LogP contribution in [0.5, 0.6) is 5.88 Å². The SMILES string of the molecule is OC1CCC(COc2c(C3CC3)ccc3cncn23)CC1. The van der Waals surface area contributed by atoms with E-state index >= 15 is 0 Å². The summed E-state index contributed by atoms with van der Waals surface area (Å²) in [6, 6.07) is 4.33. The molecule has 1 N–H and O–H groups in total. The lowest BCUT2D eigenvalue weighted by molar-refractivity contribution is 0.0904. The van der Waals surface area contributed by atoms with Crippen LogP contribution in [0.4, 0.5) is 0 Å². The van der Waals surface area contributed by atoms with Crippen LogP contribution in [-0.4, -0.2) is 27.2 Å². The van der Waals surface area contributed by atoms with Crippen molar-refractivity contribution in [2.45, 2.75) is 50.5 Å². The number of aliphatic hydroxyl groups excluding tert-OH is 1. The van der Waals surface area contributed by atoms with Crippen molar-refractivity contribution in [3.63, 3.8) is 0 Å². The molecule has 0 bridgehead atoms. The van der Waals surface area contributed by atoms with E-state index in [4.69, 9.17) is 4.74 Å². The molecule has 2 aromatic rings. The Kier molecular flexibility index (Phi) is 3.34. The van der Waals surface area contributed by atoms with Crippen LogP contribution in [0.15, 0.2) is 24.7 Å². The average molecular weight is 286 g/mol. The molecule has 0 saturated heterocycles. The second kappa shape index (κ2) is 5.34. The lowest BCUT2D eigenvalue weighted by Crippen LogP contribution is -2.23. The number of aromatic nitrogens is 2. The molecule has 2 aliphatic rings. The van der Waals surface area contributed by atoms with E-state index in [9.17, 15) is 5.11 Å². The molecule has 2 aliphatic carbocycles. The first-order valence-corrected chi connectivity index (χ1v) is 8.07. The molecule has 0 unspecified atom stereocenters. The van der Waals surface area contributed by atoms with E-state index in [2.05, 4.69) is 21.5 Å². The predicted molar refractivity (Wildman–Crippen MR) is 80.6 cm³/mol. The molecule has 2 saturated carbocycles. The molecule has 2 aromatic heterocycles. The van der Waals surface area contributed by atoms with Gasteiger partial charge in [0.05, 0.1) is 24.4 Å². The summed E-state index contributed by atoms with van der Waals surface area (Å²) in [5, 5.41) is 9.60. The molecule has 4 heteroatoms. The molecular formula is C17H22N2O2. The first kappa shape index (κ1) is 13.1. The number of ether oxygens (including phenoxy) is 1. The lowest BCUT2D eigenvalue weighted by atomic mass is 9.88. The molecule has 21 heavy (non-hydrogen) atoms. The third kappa shape index (κ3) is 2.64. The Morgan fingerprint density at radius 2 is 1.95 bits per heavy atom. The van der Waals surface area contributed by atoms with E-state index in [1.54, 1.807) is 0 Å². The van der Waals surface area contributed by atoms with Crippen LogP contribution in [0.1, 0.15) is 50.0 Å². The van der Waals surface area contributed by atoms with Crippen LogP contribution in [0.2, 0.25) is 0 Å². The molecule has 4 nitrogen and oxygen atoms in total. The van der Waals surface area contributed by atoms with Crippen molar-refractivity contribution in [1.82, 2.24) is 9.38 Å². The van der Waals surface area contributed by atoms with Crippen molar-refractivity contribution < 1.29 is 9.84 Å². The van der Waals surface area contributed by atoms with Gasteiger partial charge in [0.1, 0.15) is 6.33 Å². The zero-order valence-electron chi connectivity index (χ0n) is 12.2. The van der Waals surface area contributed by atoms with Gasteiger partial charge < -0.3 is 9.84 Å². The van der Waals surface area contributed by atoms with Gasteiger partial charge in [-0.2, -0.15) is 0 Å². The topological polar surface area (TPSA) is 46.8 Å². The zero-order valence-corrected chi connectivity index (χ0v) is 12.2. The number of rotatable bonds is 4. The summed E-state index contributed by atoms with van der Waals surface area (Å²) in [6.07, 6.45) is 10.1. The number of pyridine rings is 1. The van der Waals surface area contributed by atoms with Gasteiger partial charge in [0.15, 0.2) is 0 Å². The number of hydrogen-bond acceptors (Lipinski definition) is 3. The molecule has 0 amide bonds. The highest BCUT2D eigenvalue weighted by atomic mass is 16.5. The van der Waals surface area contributed by atoms with Crippen molar-refractivity contribution in [2.75, 3.05) is 6.61 Å². The smallest absolute Gasteiger partial charge is 0.202 e. The molecule has 4 rings (SSSR count). The highest BCUT2D eigenvalue weighted by molar-refractivity contribution is 5.51. The Labute approximate surface area is 124 Å². The third-order valence-corrected chi connectivity index (χ3v) is 4.86. The number of aliphatic hydroxyl groups is 1. The molecule has 2 heterocycles. The fourth-order valence-electron chi connectivity index (χ4n) is 3.35. The first-order chi connectivity index (χ1) is 10.3. The minimum atomic E-state index is -0.0969. The van der Waals surface area contributed by atoms with Crippen LogP contribution in [0.25, 0.3) is 5.52 Å². The van der Waals surface area contributed by atoms with Gasteiger partial charge in [0.25, 0.3) is 0 Å². The molecule has 0 spiro atoms. The van der Waals surface area contributed by atoms with Crippen LogP contribution in [0, 0.1) is 5.92 Å².